The number of ether oxygens (including phenoxy) is 3. The number of aromatic nitrogens is 1. The Morgan fingerprint density at radius 1 is 0.881 bits per heavy atom. The van der Waals surface area contributed by atoms with Gasteiger partial charge in [0, 0.05) is 35.8 Å². The Labute approximate surface area is 245 Å². The van der Waals surface area contributed by atoms with Crippen molar-refractivity contribution in [3.05, 3.63) is 107 Å². The number of nitrogens with zero attached hydrogens (tertiary/aromatic N) is 1. The van der Waals surface area contributed by atoms with Gasteiger partial charge in [0.2, 0.25) is 0 Å². The molecule has 0 spiro atoms. The molecular weight excluding hydrogens is 528 g/mol. The summed E-state index contributed by atoms with van der Waals surface area (Å²) >= 11 is 0. The van der Waals surface area contributed by atoms with Crippen LogP contribution in [0.15, 0.2) is 85.1 Å². The number of amides is 1. The van der Waals surface area contributed by atoms with Gasteiger partial charge in [-0.15, -0.1) is 0 Å². The summed E-state index contributed by atoms with van der Waals surface area (Å²) in [5.41, 5.74) is 5.38. The quantitative estimate of drug-likeness (QED) is 0.196. The molecule has 4 aromatic carbocycles. The molecule has 1 aliphatic carbocycles. The van der Waals surface area contributed by atoms with Crippen LogP contribution in [0.1, 0.15) is 52.7 Å². The zero-order valence-electron chi connectivity index (χ0n) is 23.9. The minimum atomic E-state index is -0.418. The summed E-state index contributed by atoms with van der Waals surface area (Å²) in [6.45, 7) is 0.691. The van der Waals surface area contributed by atoms with Gasteiger partial charge in [0.25, 0.3) is 0 Å². The molecule has 7 nitrogen and oxygen atoms in total. The highest BCUT2D eigenvalue weighted by atomic mass is 16.6. The second-order valence-corrected chi connectivity index (χ2v) is 10.8. The maximum atomic E-state index is 12.6. The van der Waals surface area contributed by atoms with E-state index >= 15 is 0 Å². The number of benzene rings is 4. The molecule has 0 radical (unpaired) electrons. The lowest BCUT2D eigenvalue weighted by Crippen LogP contribution is -2.20. The topological polar surface area (TPSA) is 78.8 Å². The lowest BCUT2D eigenvalue weighted by Gasteiger charge is -2.13. The second kappa shape index (κ2) is 12.0. The predicted molar refractivity (Wildman–Crippen MR) is 164 cm³/mol. The Morgan fingerprint density at radius 3 is 2.48 bits per heavy atom. The number of methoxy groups -OCH3 is 2. The molecule has 0 aliphatic heterocycles. The highest BCUT2D eigenvalue weighted by Gasteiger charge is 2.20. The minimum absolute atomic E-state index is 0.00671. The van der Waals surface area contributed by atoms with E-state index in [9.17, 15) is 9.59 Å². The Balaban J connectivity index is 1.35. The van der Waals surface area contributed by atoms with Crippen LogP contribution in [-0.2, 0) is 22.4 Å². The molecule has 1 aliphatic rings. The summed E-state index contributed by atoms with van der Waals surface area (Å²) in [7, 11) is 2.96. The fraction of sp³-hybridized carbons (Fsp3) is 0.257. The zero-order valence-corrected chi connectivity index (χ0v) is 23.9. The van der Waals surface area contributed by atoms with E-state index in [0.29, 0.717) is 30.0 Å². The molecule has 42 heavy (non-hydrogen) atoms. The van der Waals surface area contributed by atoms with Gasteiger partial charge in [0.15, 0.2) is 0 Å². The lowest BCUT2D eigenvalue weighted by atomic mass is 10.0. The minimum Gasteiger partial charge on any atom is -0.496 e. The molecule has 1 amide bonds. The first-order valence-corrected chi connectivity index (χ1v) is 14.3. The molecule has 1 aromatic heterocycles. The first-order valence-electron chi connectivity index (χ1n) is 14.3. The van der Waals surface area contributed by atoms with Crippen LogP contribution in [0.25, 0.3) is 21.7 Å². The number of hydrogen-bond donors (Lipinski definition) is 1. The summed E-state index contributed by atoms with van der Waals surface area (Å²) in [6, 6.07) is 26.2. The predicted octanol–water partition coefficient (Wildman–Crippen LogP) is 7.72. The van der Waals surface area contributed by atoms with Gasteiger partial charge in [-0.1, -0.05) is 42.5 Å². The third-order valence-corrected chi connectivity index (χ3v) is 8.04. The van der Waals surface area contributed by atoms with Crippen LogP contribution in [0.5, 0.6) is 5.75 Å². The molecule has 0 bridgehead atoms. The van der Waals surface area contributed by atoms with Crippen molar-refractivity contribution >= 4 is 39.4 Å². The lowest BCUT2D eigenvalue weighted by molar-refractivity contribution is 0.0600. The number of rotatable bonds is 8. The third kappa shape index (κ3) is 5.81. The molecule has 214 valence electrons. The van der Waals surface area contributed by atoms with E-state index in [0.717, 1.165) is 47.7 Å². The van der Waals surface area contributed by atoms with Crippen molar-refractivity contribution in [2.24, 2.45) is 0 Å². The van der Waals surface area contributed by atoms with Gasteiger partial charge in [-0.25, -0.2) is 9.59 Å². The van der Waals surface area contributed by atoms with Crippen molar-refractivity contribution in [2.75, 3.05) is 19.5 Å². The van der Waals surface area contributed by atoms with E-state index < -0.39 is 12.1 Å². The molecule has 1 saturated carbocycles. The van der Waals surface area contributed by atoms with Crippen LogP contribution in [0.4, 0.5) is 10.5 Å². The Hall–Kier alpha value is -4.78. The van der Waals surface area contributed by atoms with Gasteiger partial charge in [0.05, 0.1) is 19.8 Å². The number of fused-ring (bicyclic) bond motifs is 2. The van der Waals surface area contributed by atoms with Crippen molar-refractivity contribution in [2.45, 2.75) is 44.8 Å². The maximum Gasteiger partial charge on any atom is 0.411 e. The molecule has 6 rings (SSSR count). The molecule has 1 fully saturated rings. The van der Waals surface area contributed by atoms with E-state index in [4.69, 9.17) is 14.2 Å². The van der Waals surface area contributed by atoms with Gasteiger partial charge < -0.3 is 18.8 Å². The van der Waals surface area contributed by atoms with Gasteiger partial charge in [-0.3, -0.25) is 5.32 Å². The third-order valence-electron chi connectivity index (χ3n) is 8.04. The smallest absolute Gasteiger partial charge is 0.411 e. The summed E-state index contributed by atoms with van der Waals surface area (Å²) in [6.07, 6.45) is 6.35. The van der Waals surface area contributed by atoms with Gasteiger partial charge in [-0.2, -0.15) is 0 Å². The molecule has 1 heterocycles. The Morgan fingerprint density at radius 2 is 1.69 bits per heavy atom. The molecule has 0 atom stereocenters. The Bertz CT molecular complexity index is 1770. The summed E-state index contributed by atoms with van der Waals surface area (Å²) < 4.78 is 18.4. The van der Waals surface area contributed by atoms with Gasteiger partial charge >= 0.3 is 12.1 Å². The van der Waals surface area contributed by atoms with Crippen molar-refractivity contribution < 1.29 is 23.8 Å². The largest absolute Gasteiger partial charge is 0.496 e. The average molecular weight is 563 g/mol. The standard InChI is InChI=1S/C35H34N2O5/c1-40-33-19-27(34(38)41-2)14-13-26(33)18-28-22-37(21-23-11-12-24-7-3-4-8-25(24)17-23)32-16-15-29(20-31(28)32)36-35(39)42-30-9-5-6-10-30/h3-4,7-8,11-17,19-20,22,30H,5-6,9-10,18,21H2,1-2H3,(H,36,39). The molecule has 1 N–H and O–H groups in total. The van der Waals surface area contributed by atoms with Crippen LogP contribution in [0.2, 0.25) is 0 Å². The number of carbonyl (C=O) groups excluding carboxylic acids is 2. The number of anilines is 1. The van der Waals surface area contributed by atoms with E-state index in [2.05, 4.69) is 58.5 Å². The van der Waals surface area contributed by atoms with E-state index in [1.165, 1.54) is 23.4 Å². The highest BCUT2D eigenvalue weighted by Crippen LogP contribution is 2.31. The van der Waals surface area contributed by atoms with E-state index in [-0.39, 0.29) is 6.10 Å². The summed E-state index contributed by atoms with van der Waals surface area (Å²) in [4.78, 5) is 24.7. The number of carbonyl (C=O) groups is 2. The Kier molecular flexibility index (Phi) is 7.82. The zero-order chi connectivity index (χ0) is 29.1. The highest BCUT2D eigenvalue weighted by molar-refractivity contribution is 5.93. The normalized spacial score (nSPS) is 13.4. The van der Waals surface area contributed by atoms with Crippen LogP contribution in [-0.4, -0.2) is 37.0 Å². The average Bonchev–Trinajstić information content (AvgIpc) is 3.64. The molecule has 5 aromatic rings. The monoisotopic (exact) mass is 562 g/mol. The summed E-state index contributed by atoms with van der Waals surface area (Å²) in [5, 5.41) is 6.37. The van der Waals surface area contributed by atoms with Gasteiger partial charge in [-0.05, 0) is 89.5 Å². The SMILES string of the molecule is COC(=O)c1ccc(Cc2cn(Cc3ccc4ccccc4c3)c3ccc(NC(=O)OC4CCCC4)cc23)c(OC)c1. The van der Waals surface area contributed by atoms with E-state index in [1.807, 2.05) is 24.3 Å². The first-order chi connectivity index (χ1) is 20.5. The van der Waals surface area contributed by atoms with Gasteiger partial charge in [0.1, 0.15) is 11.9 Å². The van der Waals surface area contributed by atoms with E-state index in [1.54, 1.807) is 19.2 Å². The van der Waals surface area contributed by atoms with Crippen LogP contribution in [0.3, 0.4) is 0 Å². The number of hydrogen-bond acceptors (Lipinski definition) is 5. The van der Waals surface area contributed by atoms with Crippen molar-refractivity contribution in [1.82, 2.24) is 4.57 Å². The number of esters is 1. The van der Waals surface area contributed by atoms with Crippen LogP contribution >= 0.6 is 0 Å². The maximum absolute atomic E-state index is 12.6. The molecular formula is C35H34N2O5. The van der Waals surface area contributed by atoms with Crippen molar-refractivity contribution in [1.29, 1.82) is 0 Å². The number of nitrogens with one attached hydrogen (secondary N) is 1. The molecule has 7 heteroatoms. The molecule has 0 saturated heterocycles. The first kappa shape index (κ1) is 27.4. The van der Waals surface area contributed by atoms with Crippen molar-refractivity contribution in [3.8, 4) is 5.75 Å². The molecule has 0 unspecified atom stereocenters. The van der Waals surface area contributed by atoms with Crippen LogP contribution < -0.4 is 10.1 Å². The fourth-order valence-corrected chi connectivity index (χ4v) is 5.90. The van der Waals surface area contributed by atoms with Crippen LogP contribution in [0, 0.1) is 0 Å². The second-order valence-electron chi connectivity index (χ2n) is 10.8. The fourth-order valence-electron chi connectivity index (χ4n) is 5.90. The summed E-state index contributed by atoms with van der Waals surface area (Å²) in [5.74, 6) is 0.204. The van der Waals surface area contributed by atoms with Crippen molar-refractivity contribution in [3.63, 3.8) is 0 Å².